The Balaban J connectivity index is 2.51. The van der Waals surface area contributed by atoms with Crippen LogP contribution in [0, 0.1) is 13.8 Å². The molecular weight excluding hydrogens is 222 g/mol. The Morgan fingerprint density at radius 3 is 2.56 bits per heavy atom. The van der Waals surface area contributed by atoms with Crippen molar-refractivity contribution in [3.05, 3.63) is 34.9 Å². The Morgan fingerprint density at radius 2 is 1.94 bits per heavy atom. The van der Waals surface area contributed by atoms with Gasteiger partial charge in [-0.3, -0.25) is 4.79 Å². The first-order chi connectivity index (χ1) is 8.54. The summed E-state index contributed by atoms with van der Waals surface area (Å²) in [6.45, 7) is 8.37. The van der Waals surface area contributed by atoms with Crippen LogP contribution in [0.15, 0.2) is 18.2 Å². The van der Waals surface area contributed by atoms with Gasteiger partial charge in [-0.15, -0.1) is 0 Å². The molecule has 0 bridgehead atoms. The highest BCUT2D eigenvalue weighted by Gasteiger charge is 2.09. The summed E-state index contributed by atoms with van der Waals surface area (Å²) in [5.41, 5.74) is 3.16. The monoisotopic (exact) mass is 247 g/mol. The van der Waals surface area contributed by atoms with Crippen molar-refractivity contribution in [1.29, 1.82) is 0 Å². The lowest BCUT2D eigenvalue weighted by Crippen LogP contribution is -2.32. The van der Waals surface area contributed by atoms with Gasteiger partial charge in [-0.05, 0) is 50.5 Å². The molecule has 2 nitrogen and oxygen atoms in total. The van der Waals surface area contributed by atoms with E-state index in [4.69, 9.17) is 0 Å². The van der Waals surface area contributed by atoms with E-state index >= 15 is 0 Å². The standard InChI is InChI=1S/C16H25NO/c1-5-6-7-8-14(4)17-16(18)15-10-9-12(2)13(3)11-15/h9-11,14H,5-8H2,1-4H3,(H,17,18). The first-order valence-electron chi connectivity index (χ1n) is 6.92. The van der Waals surface area contributed by atoms with E-state index in [1.165, 1.54) is 30.4 Å². The van der Waals surface area contributed by atoms with Crippen molar-refractivity contribution in [1.82, 2.24) is 5.32 Å². The van der Waals surface area contributed by atoms with Crippen LogP contribution in [0.4, 0.5) is 0 Å². The number of carbonyl (C=O) groups excluding carboxylic acids is 1. The van der Waals surface area contributed by atoms with Gasteiger partial charge in [0.15, 0.2) is 0 Å². The number of benzene rings is 1. The molecule has 0 fully saturated rings. The molecule has 1 atom stereocenters. The molecule has 0 radical (unpaired) electrons. The Bertz CT molecular complexity index is 398. The molecule has 1 aromatic rings. The maximum Gasteiger partial charge on any atom is 0.251 e. The van der Waals surface area contributed by atoms with Gasteiger partial charge in [-0.2, -0.15) is 0 Å². The quantitative estimate of drug-likeness (QED) is 0.756. The second-order valence-electron chi connectivity index (χ2n) is 5.17. The first kappa shape index (κ1) is 14.7. The van der Waals surface area contributed by atoms with Gasteiger partial charge >= 0.3 is 0 Å². The van der Waals surface area contributed by atoms with Gasteiger partial charge in [0.1, 0.15) is 0 Å². The van der Waals surface area contributed by atoms with E-state index in [1.807, 2.05) is 25.1 Å². The maximum atomic E-state index is 12.0. The molecule has 0 aromatic heterocycles. The number of hydrogen-bond acceptors (Lipinski definition) is 1. The SMILES string of the molecule is CCCCCC(C)NC(=O)c1ccc(C)c(C)c1. The van der Waals surface area contributed by atoms with Gasteiger partial charge in [-0.1, -0.05) is 32.3 Å². The van der Waals surface area contributed by atoms with Gasteiger partial charge in [0.05, 0.1) is 0 Å². The third-order valence-corrected chi connectivity index (χ3v) is 3.39. The van der Waals surface area contributed by atoms with E-state index in [0.29, 0.717) is 0 Å². The minimum absolute atomic E-state index is 0.0436. The number of carbonyl (C=O) groups is 1. The lowest BCUT2D eigenvalue weighted by Gasteiger charge is -2.14. The molecule has 0 saturated carbocycles. The van der Waals surface area contributed by atoms with Crippen LogP contribution in [0.2, 0.25) is 0 Å². The molecule has 100 valence electrons. The Kier molecular flexibility index (Phi) is 5.90. The molecule has 0 spiro atoms. The fourth-order valence-corrected chi connectivity index (χ4v) is 1.96. The molecule has 18 heavy (non-hydrogen) atoms. The Morgan fingerprint density at radius 1 is 1.22 bits per heavy atom. The van der Waals surface area contributed by atoms with Crippen LogP contribution in [0.3, 0.4) is 0 Å². The Labute approximate surface area is 111 Å². The molecule has 1 amide bonds. The second kappa shape index (κ2) is 7.20. The van der Waals surface area contributed by atoms with E-state index in [1.54, 1.807) is 0 Å². The summed E-state index contributed by atoms with van der Waals surface area (Å²) in [4.78, 5) is 12.0. The van der Waals surface area contributed by atoms with Gasteiger partial charge in [0.25, 0.3) is 5.91 Å². The van der Waals surface area contributed by atoms with Crippen LogP contribution in [-0.4, -0.2) is 11.9 Å². The number of rotatable bonds is 6. The highest BCUT2D eigenvalue weighted by Crippen LogP contribution is 2.10. The van der Waals surface area contributed by atoms with Crippen molar-refractivity contribution in [2.45, 2.75) is 59.4 Å². The highest BCUT2D eigenvalue weighted by atomic mass is 16.1. The van der Waals surface area contributed by atoms with Crippen LogP contribution in [-0.2, 0) is 0 Å². The lowest BCUT2D eigenvalue weighted by molar-refractivity contribution is 0.0938. The van der Waals surface area contributed by atoms with E-state index < -0.39 is 0 Å². The molecule has 2 heteroatoms. The van der Waals surface area contributed by atoms with Crippen LogP contribution in [0.5, 0.6) is 0 Å². The van der Waals surface area contributed by atoms with Crippen LogP contribution in [0.1, 0.15) is 61.0 Å². The molecule has 0 aliphatic carbocycles. The molecule has 1 unspecified atom stereocenters. The van der Waals surface area contributed by atoms with E-state index in [2.05, 4.69) is 26.1 Å². The second-order valence-corrected chi connectivity index (χ2v) is 5.17. The minimum atomic E-state index is 0.0436. The summed E-state index contributed by atoms with van der Waals surface area (Å²) >= 11 is 0. The normalized spacial score (nSPS) is 12.2. The zero-order valence-electron chi connectivity index (χ0n) is 12.0. The van der Waals surface area contributed by atoms with Crippen molar-refractivity contribution < 1.29 is 4.79 Å². The largest absolute Gasteiger partial charge is 0.350 e. The van der Waals surface area contributed by atoms with Crippen molar-refractivity contribution >= 4 is 5.91 Å². The molecule has 1 rings (SSSR count). The van der Waals surface area contributed by atoms with Crippen molar-refractivity contribution in [3.63, 3.8) is 0 Å². The average molecular weight is 247 g/mol. The van der Waals surface area contributed by atoms with E-state index in [-0.39, 0.29) is 11.9 Å². The van der Waals surface area contributed by atoms with Gasteiger partial charge in [0, 0.05) is 11.6 Å². The summed E-state index contributed by atoms with van der Waals surface area (Å²) in [5.74, 6) is 0.0436. The van der Waals surface area contributed by atoms with E-state index in [0.717, 1.165) is 12.0 Å². The topological polar surface area (TPSA) is 29.1 Å². The summed E-state index contributed by atoms with van der Waals surface area (Å²) in [6.07, 6.45) is 4.71. The fraction of sp³-hybridized carbons (Fsp3) is 0.562. The average Bonchev–Trinajstić information content (AvgIpc) is 2.33. The predicted octanol–water partition coefficient (Wildman–Crippen LogP) is 4.00. The molecule has 0 heterocycles. The fourth-order valence-electron chi connectivity index (χ4n) is 1.96. The molecule has 0 aliphatic heterocycles. The van der Waals surface area contributed by atoms with Crippen LogP contribution in [0.25, 0.3) is 0 Å². The summed E-state index contributed by atoms with van der Waals surface area (Å²) in [7, 11) is 0. The van der Waals surface area contributed by atoms with Gasteiger partial charge in [0.2, 0.25) is 0 Å². The molecule has 0 aliphatic rings. The number of unbranched alkanes of at least 4 members (excludes halogenated alkanes) is 2. The molecule has 0 saturated heterocycles. The Hall–Kier alpha value is -1.31. The highest BCUT2D eigenvalue weighted by molar-refractivity contribution is 5.94. The van der Waals surface area contributed by atoms with Crippen LogP contribution < -0.4 is 5.32 Å². The van der Waals surface area contributed by atoms with Crippen molar-refractivity contribution in [2.24, 2.45) is 0 Å². The third kappa shape index (κ3) is 4.52. The predicted molar refractivity (Wildman–Crippen MR) is 77.0 cm³/mol. The smallest absolute Gasteiger partial charge is 0.251 e. The van der Waals surface area contributed by atoms with Gasteiger partial charge < -0.3 is 5.32 Å². The number of amides is 1. The minimum Gasteiger partial charge on any atom is -0.350 e. The van der Waals surface area contributed by atoms with Crippen molar-refractivity contribution in [2.75, 3.05) is 0 Å². The third-order valence-electron chi connectivity index (χ3n) is 3.39. The zero-order valence-corrected chi connectivity index (χ0v) is 12.0. The zero-order chi connectivity index (χ0) is 13.5. The number of aryl methyl sites for hydroxylation is 2. The van der Waals surface area contributed by atoms with Crippen molar-refractivity contribution in [3.8, 4) is 0 Å². The van der Waals surface area contributed by atoms with Crippen LogP contribution >= 0.6 is 0 Å². The molecule has 1 N–H and O–H groups in total. The summed E-state index contributed by atoms with van der Waals surface area (Å²) in [6, 6.07) is 6.12. The number of nitrogens with one attached hydrogen (secondary N) is 1. The van der Waals surface area contributed by atoms with E-state index in [9.17, 15) is 4.79 Å². The summed E-state index contributed by atoms with van der Waals surface area (Å²) < 4.78 is 0. The first-order valence-corrected chi connectivity index (χ1v) is 6.92. The molecular formula is C16H25NO. The summed E-state index contributed by atoms with van der Waals surface area (Å²) in [5, 5.41) is 3.06. The maximum absolute atomic E-state index is 12.0. The number of hydrogen-bond donors (Lipinski definition) is 1. The molecule has 1 aromatic carbocycles. The lowest BCUT2D eigenvalue weighted by atomic mass is 10.1. The van der Waals surface area contributed by atoms with Gasteiger partial charge in [-0.25, -0.2) is 0 Å².